The van der Waals surface area contributed by atoms with Gasteiger partial charge in [0.2, 0.25) is 5.95 Å². The second-order valence-electron chi connectivity index (χ2n) is 7.80. The van der Waals surface area contributed by atoms with Crippen LogP contribution in [0.5, 0.6) is 11.5 Å². The molecule has 1 aromatic carbocycles. The van der Waals surface area contributed by atoms with Gasteiger partial charge in [-0.25, -0.2) is 4.98 Å². The van der Waals surface area contributed by atoms with Crippen LogP contribution in [0.2, 0.25) is 0 Å². The molecular formula is C22H33N5O2. The topological polar surface area (TPSA) is 71.5 Å². The van der Waals surface area contributed by atoms with E-state index in [4.69, 9.17) is 9.47 Å². The van der Waals surface area contributed by atoms with Gasteiger partial charge < -0.3 is 25.0 Å². The van der Waals surface area contributed by atoms with E-state index in [0.717, 1.165) is 54.8 Å². The standard InChI is InChI=1S/C22H33N5O2/c1-27(2)21-11-12-24-22(26-21)25-18-7-5-16(6-8-18)14-23-15-17-13-19(28-3)9-10-20(17)29-4/h9-13,16,18,23H,5-8,14-15H2,1-4H3,(H,24,25,26). The molecule has 0 amide bonds. The Labute approximate surface area is 173 Å². The average Bonchev–Trinajstić information content (AvgIpc) is 2.75. The van der Waals surface area contributed by atoms with Crippen LogP contribution in [0.1, 0.15) is 31.2 Å². The largest absolute Gasteiger partial charge is 0.497 e. The maximum atomic E-state index is 5.46. The molecule has 7 heteroatoms. The number of ether oxygens (including phenoxy) is 2. The van der Waals surface area contributed by atoms with Crippen LogP contribution < -0.4 is 25.0 Å². The molecule has 1 aromatic heterocycles. The van der Waals surface area contributed by atoms with Crippen LogP contribution in [0.3, 0.4) is 0 Å². The fraction of sp³-hybridized carbons (Fsp3) is 0.545. The first-order valence-electron chi connectivity index (χ1n) is 10.3. The molecule has 7 nitrogen and oxygen atoms in total. The zero-order chi connectivity index (χ0) is 20.6. The molecule has 29 heavy (non-hydrogen) atoms. The zero-order valence-corrected chi connectivity index (χ0v) is 17.9. The lowest BCUT2D eigenvalue weighted by Crippen LogP contribution is -2.31. The van der Waals surface area contributed by atoms with Crippen LogP contribution in [-0.4, -0.2) is 50.9 Å². The highest BCUT2D eigenvalue weighted by molar-refractivity contribution is 5.41. The van der Waals surface area contributed by atoms with Gasteiger partial charge in [-0.1, -0.05) is 0 Å². The van der Waals surface area contributed by atoms with Crippen molar-refractivity contribution in [2.45, 2.75) is 38.3 Å². The molecule has 1 heterocycles. The summed E-state index contributed by atoms with van der Waals surface area (Å²) in [6.45, 7) is 1.80. The number of hydrogen-bond donors (Lipinski definition) is 2. The van der Waals surface area contributed by atoms with Crippen LogP contribution in [0.4, 0.5) is 11.8 Å². The summed E-state index contributed by atoms with van der Waals surface area (Å²) in [5, 5.41) is 7.10. The van der Waals surface area contributed by atoms with Gasteiger partial charge in [0.15, 0.2) is 0 Å². The number of benzene rings is 1. The summed E-state index contributed by atoms with van der Waals surface area (Å²) in [4.78, 5) is 10.9. The fourth-order valence-corrected chi connectivity index (χ4v) is 3.79. The van der Waals surface area contributed by atoms with E-state index in [-0.39, 0.29) is 0 Å². The van der Waals surface area contributed by atoms with E-state index in [1.54, 1.807) is 14.2 Å². The summed E-state index contributed by atoms with van der Waals surface area (Å²) in [6.07, 6.45) is 6.50. The molecule has 2 aromatic rings. The zero-order valence-electron chi connectivity index (χ0n) is 17.9. The summed E-state index contributed by atoms with van der Waals surface area (Å²) in [5.74, 6) is 4.09. The maximum Gasteiger partial charge on any atom is 0.224 e. The van der Waals surface area contributed by atoms with Crippen molar-refractivity contribution in [1.29, 1.82) is 0 Å². The number of methoxy groups -OCH3 is 2. The average molecular weight is 400 g/mol. The van der Waals surface area contributed by atoms with Crippen molar-refractivity contribution in [1.82, 2.24) is 15.3 Å². The molecule has 3 rings (SSSR count). The first-order valence-corrected chi connectivity index (χ1v) is 10.3. The Balaban J connectivity index is 1.43. The number of aromatic nitrogens is 2. The highest BCUT2D eigenvalue weighted by atomic mass is 16.5. The Bertz CT molecular complexity index is 776. The molecule has 0 atom stereocenters. The fourth-order valence-electron chi connectivity index (χ4n) is 3.79. The van der Waals surface area contributed by atoms with Crippen molar-refractivity contribution in [3.63, 3.8) is 0 Å². The van der Waals surface area contributed by atoms with Gasteiger partial charge in [-0.15, -0.1) is 0 Å². The van der Waals surface area contributed by atoms with Gasteiger partial charge in [-0.2, -0.15) is 4.98 Å². The smallest absolute Gasteiger partial charge is 0.224 e. The molecule has 0 unspecified atom stereocenters. The normalized spacial score (nSPS) is 18.9. The third kappa shape index (κ3) is 5.97. The van der Waals surface area contributed by atoms with E-state index in [9.17, 15) is 0 Å². The highest BCUT2D eigenvalue weighted by Gasteiger charge is 2.21. The van der Waals surface area contributed by atoms with Crippen molar-refractivity contribution in [3.05, 3.63) is 36.0 Å². The van der Waals surface area contributed by atoms with Crippen molar-refractivity contribution in [3.8, 4) is 11.5 Å². The van der Waals surface area contributed by atoms with Gasteiger partial charge >= 0.3 is 0 Å². The lowest BCUT2D eigenvalue weighted by molar-refractivity contribution is 0.322. The highest BCUT2D eigenvalue weighted by Crippen LogP contribution is 2.27. The molecule has 158 valence electrons. The van der Waals surface area contributed by atoms with E-state index >= 15 is 0 Å². The molecule has 0 bridgehead atoms. The number of nitrogens with one attached hydrogen (secondary N) is 2. The van der Waals surface area contributed by atoms with Crippen molar-refractivity contribution < 1.29 is 9.47 Å². The van der Waals surface area contributed by atoms with Crippen LogP contribution in [0.25, 0.3) is 0 Å². The third-order valence-corrected chi connectivity index (χ3v) is 5.52. The van der Waals surface area contributed by atoms with Crippen molar-refractivity contribution >= 4 is 11.8 Å². The molecule has 1 aliphatic rings. The predicted molar refractivity (Wildman–Crippen MR) is 117 cm³/mol. The van der Waals surface area contributed by atoms with Gasteiger partial charge in [-0.05, 0) is 62.4 Å². The molecule has 2 N–H and O–H groups in total. The van der Waals surface area contributed by atoms with E-state index < -0.39 is 0 Å². The first kappa shape index (κ1) is 21.2. The third-order valence-electron chi connectivity index (χ3n) is 5.52. The molecule has 0 spiro atoms. The summed E-state index contributed by atoms with van der Waals surface area (Å²) in [7, 11) is 7.38. The van der Waals surface area contributed by atoms with Gasteiger partial charge in [0.05, 0.1) is 14.2 Å². The van der Waals surface area contributed by atoms with Crippen LogP contribution in [-0.2, 0) is 6.54 Å². The van der Waals surface area contributed by atoms with Crippen LogP contribution in [0, 0.1) is 5.92 Å². The number of rotatable bonds is 9. The minimum absolute atomic E-state index is 0.446. The van der Waals surface area contributed by atoms with Crippen LogP contribution >= 0.6 is 0 Å². The quantitative estimate of drug-likeness (QED) is 0.670. The summed E-state index contributed by atoms with van der Waals surface area (Å²) >= 11 is 0. The molecule has 1 saturated carbocycles. The summed E-state index contributed by atoms with van der Waals surface area (Å²) < 4.78 is 10.8. The van der Waals surface area contributed by atoms with Gasteiger partial charge in [0, 0.05) is 38.4 Å². The lowest BCUT2D eigenvalue weighted by Gasteiger charge is -2.29. The Morgan fingerprint density at radius 2 is 1.86 bits per heavy atom. The predicted octanol–water partition coefficient (Wildman–Crippen LogP) is 3.32. The Morgan fingerprint density at radius 3 is 2.55 bits per heavy atom. The van der Waals surface area contributed by atoms with E-state index in [1.807, 2.05) is 49.5 Å². The van der Waals surface area contributed by atoms with Crippen molar-refractivity contribution in [2.75, 3.05) is 45.1 Å². The van der Waals surface area contributed by atoms with E-state index in [0.29, 0.717) is 12.0 Å². The number of hydrogen-bond acceptors (Lipinski definition) is 7. The van der Waals surface area contributed by atoms with Gasteiger partial charge in [0.1, 0.15) is 17.3 Å². The SMILES string of the molecule is COc1ccc(OC)c(CNCC2CCC(Nc3nccc(N(C)C)n3)CC2)c1. The number of nitrogens with zero attached hydrogens (tertiary/aromatic N) is 3. The number of anilines is 2. The minimum atomic E-state index is 0.446. The Hall–Kier alpha value is -2.54. The summed E-state index contributed by atoms with van der Waals surface area (Å²) in [5.41, 5.74) is 1.13. The second kappa shape index (κ2) is 10.3. The molecule has 0 aliphatic heterocycles. The molecule has 1 fully saturated rings. The van der Waals surface area contributed by atoms with Crippen molar-refractivity contribution in [2.24, 2.45) is 5.92 Å². The van der Waals surface area contributed by atoms with Crippen LogP contribution in [0.15, 0.2) is 30.5 Å². The Kier molecular flexibility index (Phi) is 7.52. The monoisotopic (exact) mass is 399 g/mol. The molecular weight excluding hydrogens is 366 g/mol. The maximum absolute atomic E-state index is 5.46. The molecule has 0 radical (unpaired) electrons. The Morgan fingerprint density at radius 1 is 1.07 bits per heavy atom. The van der Waals surface area contributed by atoms with Gasteiger partial charge in [-0.3, -0.25) is 0 Å². The first-order chi connectivity index (χ1) is 14.1. The van der Waals surface area contributed by atoms with Gasteiger partial charge in [0.25, 0.3) is 0 Å². The molecule has 0 saturated heterocycles. The van der Waals surface area contributed by atoms with E-state index in [1.165, 1.54) is 12.8 Å². The lowest BCUT2D eigenvalue weighted by atomic mass is 9.86. The molecule has 1 aliphatic carbocycles. The summed E-state index contributed by atoms with van der Waals surface area (Å²) in [6, 6.07) is 8.29. The second-order valence-corrected chi connectivity index (χ2v) is 7.80. The minimum Gasteiger partial charge on any atom is -0.497 e. The van der Waals surface area contributed by atoms with E-state index in [2.05, 4.69) is 20.6 Å².